The Kier molecular flexibility index (Phi) is 5.11. The average molecular weight is 312 g/mol. The fourth-order valence-electron chi connectivity index (χ4n) is 2.49. The SMILES string of the molecule is CCCN(CCC)S(=O)(=O)c1ccc2c(c1)N(C)CCO2. The first-order chi connectivity index (χ1) is 10.0. The molecule has 0 bridgehead atoms. The maximum atomic E-state index is 12.8. The molecule has 0 N–H and O–H groups in total. The first-order valence-electron chi connectivity index (χ1n) is 7.48. The summed E-state index contributed by atoms with van der Waals surface area (Å²) in [5.74, 6) is 0.750. The molecule has 118 valence electrons. The van der Waals surface area contributed by atoms with Gasteiger partial charge >= 0.3 is 0 Å². The van der Waals surface area contributed by atoms with E-state index in [1.54, 1.807) is 22.5 Å². The Balaban J connectivity index is 2.37. The molecule has 0 radical (unpaired) electrons. The van der Waals surface area contributed by atoms with Crippen LogP contribution in [0.3, 0.4) is 0 Å². The van der Waals surface area contributed by atoms with Gasteiger partial charge in [-0.05, 0) is 31.0 Å². The molecule has 0 amide bonds. The van der Waals surface area contributed by atoms with Gasteiger partial charge in [0.05, 0.1) is 17.1 Å². The third-order valence-corrected chi connectivity index (χ3v) is 5.50. The summed E-state index contributed by atoms with van der Waals surface area (Å²) in [6.45, 7) is 6.50. The lowest BCUT2D eigenvalue weighted by atomic mass is 10.2. The zero-order valence-electron chi connectivity index (χ0n) is 13.0. The van der Waals surface area contributed by atoms with Crippen LogP contribution in [0.4, 0.5) is 5.69 Å². The molecule has 1 aliphatic heterocycles. The Labute approximate surface area is 127 Å². The van der Waals surface area contributed by atoms with Crippen LogP contribution in [0.2, 0.25) is 0 Å². The molecule has 1 aliphatic rings. The monoisotopic (exact) mass is 312 g/mol. The predicted octanol–water partition coefficient (Wildman–Crippen LogP) is 2.33. The lowest BCUT2D eigenvalue weighted by Gasteiger charge is -2.28. The van der Waals surface area contributed by atoms with Crippen molar-refractivity contribution in [3.63, 3.8) is 0 Å². The van der Waals surface area contributed by atoms with Gasteiger partial charge in [0.25, 0.3) is 0 Å². The summed E-state index contributed by atoms with van der Waals surface area (Å²) in [6, 6.07) is 5.13. The summed E-state index contributed by atoms with van der Waals surface area (Å²) in [4.78, 5) is 2.38. The van der Waals surface area contributed by atoms with Crippen LogP contribution in [-0.4, -0.2) is 46.0 Å². The molecule has 1 aromatic carbocycles. The van der Waals surface area contributed by atoms with Crippen LogP contribution in [-0.2, 0) is 10.0 Å². The van der Waals surface area contributed by atoms with Crippen LogP contribution in [0, 0.1) is 0 Å². The van der Waals surface area contributed by atoms with Gasteiger partial charge in [-0.3, -0.25) is 0 Å². The molecule has 1 heterocycles. The maximum absolute atomic E-state index is 12.8. The number of hydrogen-bond donors (Lipinski definition) is 0. The van der Waals surface area contributed by atoms with E-state index in [0.29, 0.717) is 24.6 Å². The zero-order chi connectivity index (χ0) is 15.5. The van der Waals surface area contributed by atoms with Gasteiger partial charge in [-0.2, -0.15) is 4.31 Å². The van der Waals surface area contributed by atoms with Crippen molar-refractivity contribution in [2.24, 2.45) is 0 Å². The van der Waals surface area contributed by atoms with Gasteiger partial charge in [0, 0.05) is 20.1 Å². The van der Waals surface area contributed by atoms with E-state index >= 15 is 0 Å². The molecule has 21 heavy (non-hydrogen) atoms. The van der Waals surface area contributed by atoms with E-state index in [2.05, 4.69) is 0 Å². The Morgan fingerprint density at radius 1 is 1.24 bits per heavy atom. The molecule has 0 saturated carbocycles. The lowest BCUT2D eigenvalue weighted by Crippen LogP contribution is -2.33. The number of rotatable bonds is 6. The van der Waals surface area contributed by atoms with Gasteiger partial charge in [-0.25, -0.2) is 8.42 Å². The molecule has 0 spiro atoms. The van der Waals surface area contributed by atoms with E-state index in [0.717, 1.165) is 30.8 Å². The van der Waals surface area contributed by atoms with E-state index in [9.17, 15) is 8.42 Å². The summed E-state index contributed by atoms with van der Waals surface area (Å²) in [7, 11) is -1.48. The summed E-state index contributed by atoms with van der Waals surface area (Å²) in [5, 5.41) is 0. The number of hydrogen-bond acceptors (Lipinski definition) is 4. The van der Waals surface area contributed by atoms with Gasteiger partial charge in [0.1, 0.15) is 12.4 Å². The van der Waals surface area contributed by atoms with Gasteiger partial charge < -0.3 is 9.64 Å². The van der Waals surface area contributed by atoms with E-state index in [1.807, 2.05) is 25.8 Å². The number of likely N-dealkylation sites (N-methyl/N-ethyl adjacent to an activating group) is 1. The van der Waals surface area contributed by atoms with Crippen LogP contribution < -0.4 is 9.64 Å². The van der Waals surface area contributed by atoms with Crippen molar-refractivity contribution in [1.29, 1.82) is 0 Å². The van der Waals surface area contributed by atoms with Crippen molar-refractivity contribution < 1.29 is 13.2 Å². The van der Waals surface area contributed by atoms with Crippen LogP contribution in [0.5, 0.6) is 5.75 Å². The van der Waals surface area contributed by atoms with Crippen LogP contribution in [0.25, 0.3) is 0 Å². The Morgan fingerprint density at radius 2 is 1.90 bits per heavy atom. The predicted molar refractivity (Wildman–Crippen MR) is 84.5 cm³/mol. The molecule has 0 saturated heterocycles. The normalized spacial score (nSPS) is 15.0. The molecular weight excluding hydrogens is 288 g/mol. The number of ether oxygens (including phenoxy) is 1. The Bertz CT molecular complexity index is 581. The fraction of sp³-hybridized carbons (Fsp3) is 0.600. The molecule has 1 aromatic rings. The highest BCUT2D eigenvalue weighted by molar-refractivity contribution is 7.89. The third-order valence-electron chi connectivity index (χ3n) is 3.61. The minimum absolute atomic E-state index is 0.348. The summed E-state index contributed by atoms with van der Waals surface area (Å²) >= 11 is 0. The molecule has 5 nitrogen and oxygen atoms in total. The molecular formula is C15H24N2O3S. The van der Waals surface area contributed by atoms with E-state index in [4.69, 9.17) is 4.74 Å². The summed E-state index contributed by atoms with van der Waals surface area (Å²) in [6.07, 6.45) is 1.63. The minimum Gasteiger partial charge on any atom is -0.490 e. The summed E-state index contributed by atoms with van der Waals surface area (Å²) in [5.41, 5.74) is 0.843. The number of nitrogens with zero attached hydrogens (tertiary/aromatic N) is 2. The minimum atomic E-state index is -3.43. The highest BCUT2D eigenvalue weighted by Gasteiger charge is 2.25. The largest absolute Gasteiger partial charge is 0.490 e. The second-order valence-electron chi connectivity index (χ2n) is 5.30. The highest BCUT2D eigenvalue weighted by atomic mass is 32.2. The van der Waals surface area contributed by atoms with E-state index < -0.39 is 10.0 Å². The van der Waals surface area contributed by atoms with Gasteiger partial charge in [-0.1, -0.05) is 13.8 Å². The van der Waals surface area contributed by atoms with Crippen molar-refractivity contribution >= 4 is 15.7 Å². The molecule has 0 aliphatic carbocycles. The summed E-state index contributed by atoms with van der Waals surface area (Å²) < 4.78 is 32.7. The smallest absolute Gasteiger partial charge is 0.243 e. The van der Waals surface area contributed by atoms with Gasteiger partial charge in [-0.15, -0.1) is 0 Å². The number of fused-ring (bicyclic) bond motifs is 1. The topological polar surface area (TPSA) is 49.9 Å². The van der Waals surface area contributed by atoms with E-state index in [1.165, 1.54) is 0 Å². The standard InChI is InChI=1S/C15H24N2O3S/c1-4-8-17(9-5-2)21(18,19)13-6-7-15-14(12-13)16(3)10-11-20-15/h6-7,12H,4-5,8-11H2,1-3H3. The van der Waals surface area contributed by atoms with Crippen LogP contribution in [0.1, 0.15) is 26.7 Å². The molecule has 0 aromatic heterocycles. The fourth-order valence-corrected chi connectivity index (χ4v) is 4.14. The van der Waals surface area contributed by atoms with E-state index in [-0.39, 0.29) is 0 Å². The maximum Gasteiger partial charge on any atom is 0.243 e. The quantitative estimate of drug-likeness (QED) is 0.809. The van der Waals surface area contributed by atoms with Crippen molar-refractivity contribution in [1.82, 2.24) is 4.31 Å². The number of sulfonamides is 1. The highest BCUT2D eigenvalue weighted by Crippen LogP contribution is 2.33. The first kappa shape index (κ1) is 16.1. The zero-order valence-corrected chi connectivity index (χ0v) is 13.8. The average Bonchev–Trinajstić information content (AvgIpc) is 2.47. The number of anilines is 1. The van der Waals surface area contributed by atoms with Crippen molar-refractivity contribution in [3.8, 4) is 5.75 Å². The second kappa shape index (κ2) is 6.66. The molecule has 0 unspecified atom stereocenters. The lowest BCUT2D eigenvalue weighted by molar-refractivity contribution is 0.311. The Hall–Kier alpha value is -1.27. The van der Waals surface area contributed by atoms with Crippen molar-refractivity contribution in [2.45, 2.75) is 31.6 Å². The molecule has 0 atom stereocenters. The molecule has 2 rings (SSSR count). The van der Waals surface area contributed by atoms with Crippen molar-refractivity contribution in [2.75, 3.05) is 38.2 Å². The van der Waals surface area contributed by atoms with Gasteiger partial charge in [0.2, 0.25) is 10.0 Å². The van der Waals surface area contributed by atoms with Gasteiger partial charge in [0.15, 0.2) is 0 Å². The third kappa shape index (κ3) is 3.32. The number of benzene rings is 1. The molecule has 0 fully saturated rings. The second-order valence-corrected chi connectivity index (χ2v) is 7.24. The van der Waals surface area contributed by atoms with Crippen molar-refractivity contribution in [3.05, 3.63) is 18.2 Å². The Morgan fingerprint density at radius 3 is 2.52 bits per heavy atom. The van der Waals surface area contributed by atoms with Crippen LogP contribution >= 0.6 is 0 Å². The molecule has 6 heteroatoms. The first-order valence-corrected chi connectivity index (χ1v) is 8.92. The van der Waals surface area contributed by atoms with Crippen LogP contribution in [0.15, 0.2) is 23.1 Å².